The summed E-state index contributed by atoms with van der Waals surface area (Å²) in [5.41, 5.74) is 1.28. The zero-order valence-corrected chi connectivity index (χ0v) is 10.1. The van der Waals surface area contributed by atoms with Crippen molar-refractivity contribution in [3.8, 4) is 12.1 Å². The molecule has 90 valence electrons. The van der Waals surface area contributed by atoms with Crippen LogP contribution in [0.5, 0.6) is 0 Å². The monoisotopic (exact) mass is 260 g/mol. The summed E-state index contributed by atoms with van der Waals surface area (Å²) in [6.07, 6.45) is 2.74. The number of nitrogens with zero attached hydrogens (tertiary/aromatic N) is 2. The molecule has 0 heterocycles. The molecular weight excluding hydrogens is 251 g/mol. The van der Waals surface area contributed by atoms with Crippen LogP contribution in [0.25, 0.3) is 12.2 Å². The van der Waals surface area contributed by atoms with Crippen LogP contribution in [0.3, 0.4) is 0 Å². The minimum absolute atomic E-state index is 0.00601. The second kappa shape index (κ2) is 5.95. The molecule has 18 heavy (non-hydrogen) atoms. The maximum atomic E-state index is 10.6. The molecule has 2 N–H and O–H groups in total. The highest BCUT2D eigenvalue weighted by atomic mass is 31.2. The number of nitriles is 2. The van der Waals surface area contributed by atoms with Crippen molar-refractivity contribution in [3.05, 3.63) is 46.8 Å². The van der Waals surface area contributed by atoms with Gasteiger partial charge in [0.1, 0.15) is 17.7 Å². The lowest BCUT2D eigenvalue weighted by molar-refractivity contribution is 0.386. The quantitative estimate of drug-likeness (QED) is 0.640. The van der Waals surface area contributed by atoms with Crippen molar-refractivity contribution < 1.29 is 14.4 Å². The lowest BCUT2D eigenvalue weighted by Gasteiger charge is -1.97. The summed E-state index contributed by atoms with van der Waals surface area (Å²) >= 11 is 0. The molecule has 0 aliphatic rings. The fraction of sp³-hybridized carbons (Fsp3) is 0. The first-order chi connectivity index (χ1) is 8.44. The molecule has 0 aromatic heterocycles. The fourth-order valence-corrected chi connectivity index (χ4v) is 1.51. The van der Waals surface area contributed by atoms with Gasteiger partial charge in [0.05, 0.1) is 0 Å². The van der Waals surface area contributed by atoms with E-state index in [1.807, 2.05) is 0 Å². The Morgan fingerprint density at radius 2 is 1.61 bits per heavy atom. The van der Waals surface area contributed by atoms with Crippen LogP contribution in [0, 0.1) is 22.7 Å². The Hall–Kier alpha value is -2.17. The van der Waals surface area contributed by atoms with Crippen LogP contribution >= 0.6 is 7.60 Å². The molecular formula is C12H9N2O3P. The van der Waals surface area contributed by atoms with Gasteiger partial charge in [0.25, 0.3) is 0 Å². The van der Waals surface area contributed by atoms with Crippen LogP contribution < -0.4 is 0 Å². The summed E-state index contributed by atoms with van der Waals surface area (Å²) in [5.74, 6) is 0.813. The molecule has 1 aromatic rings. The maximum absolute atomic E-state index is 10.6. The van der Waals surface area contributed by atoms with E-state index in [0.29, 0.717) is 11.1 Å². The number of hydrogen-bond acceptors (Lipinski definition) is 3. The Kier molecular flexibility index (Phi) is 4.59. The second-order valence-electron chi connectivity index (χ2n) is 3.35. The van der Waals surface area contributed by atoms with Crippen LogP contribution in [0.15, 0.2) is 35.7 Å². The van der Waals surface area contributed by atoms with Gasteiger partial charge in [-0.15, -0.1) is 0 Å². The predicted octanol–water partition coefficient (Wildman–Crippen LogP) is 2.27. The van der Waals surface area contributed by atoms with Crippen LogP contribution in [0.4, 0.5) is 0 Å². The van der Waals surface area contributed by atoms with Gasteiger partial charge >= 0.3 is 7.60 Å². The summed E-state index contributed by atoms with van der Waals surface area (Å²) in [6, 6.07) is 10.0. The van der Waals surface area contributed by atoms with Gasteiger partial charge in [-0.25, -0.2) is 0 Å². The third-order valence-corrected chi connectivity index (χ3v) is 2.49. The Morgan fingerprint density at radius 3 is 2.06 bits per heavy atom. The average molecular weight is 260 g/mol. The summed E-state index contributed by atoms with van der Waals surface area (Å²) < 4.78 is 10.6. The number of allylic oxidation sites excluding steroid dienone is 1. The van der Waals surface area contributed by atoms with E-state index in [0.717, 1.165) is 5.82 Å². The normalized spacial score (nSPS) is 10.7. The smallest absolute Gasteiger partial charge is 0.321 e. The summed E-state index contributed by atoms with van der Waals surface area (Å²) in [7, 11) is -4.15. The van der Waals surface area contributed by atoms with Gasteiger partial charge in [-0.05, 0) is 23.3 Å². The van der Waals surface area contributed by atoms with Gasteiger partial charge in [-0.3, -0.25) is 4.57 Å². The second-order valence-corrected chi connectivity index (χ2v) is 4.83. The van der Waals surface area contributed by atoms with Crippen LogP contribution in [-0.2, 0) is 4.57 Å². The van der Waals surface area contributed by atoms with Gasteiger partial charge < -0.3 is 9.79 Å². The van der Waals surface area contributed by atoms with E-state index in [1.54, 1.807) is 36.4 Å². The lowest BCUT2D eigenvalue weighted by Crippen LogP contribution is -1.78. The van der Waals surface area contributed by atoms with Crippen molar-refractivity contribution in [2.45, 2.75) is 0 Å². The van der Waals surface area contributed by atoms with E-state index < -0.39 is 7.60 Å². The highest BCUT2D eigenvalue weighted by Crippen LogP contribution is 2.36. The standard InChI is InChI=1S/C12H9N2O3P/c13-8-12(9-14)7-11-3-1-10(2-4-11)5-6-18(15,16)17/h1-7H,(H2,15,16,17)/b6-5+. The molecule has 0 spiro atoms. The highest BCUT2D eigenvalue weighted by Gasteiger charge is 2.04. The van der Waals surface area contributed by atoms with Crippen molar-refractivity contribution in [3.63, 3.8) is 0 Å². The molecule has 0 saturated heterocycles. The summed E-state index contributed by atoms with van der Waals surface area (Å²) in [6.45, 7) is 0. The molecule has 0 aliphatic carbocycles. The van der Waals surface area contributed by atoms with Crippen molar-refractivity contribution >= 4 is 19.7 Å². The fourth-order valence-electron chi connectivity index (χ4n) is 1.14. The first-order valence-electron chi connectivity index (χ1n) is 4.81. The molecule has 0 unspecified atom stereocenters. The topological polar surface area (TPSA) is 105 Å². The van der Waals surface area contributed by atoms with E-state index >= 15 is 0 Å². The Balaban J connectivity index is 2.92. The number of benzene rings is 1. The molecule has 0 radical (unpaired) electrons. The van der Waals surface area contributed by atoms with Crippen molar-refractivity contribution in [2.75, 3.05) is 0 Å². The van der Waals surface area contributed by atoms with Crippen molar-refractivity contribution in [1.29, 1.82) is 10.5 Å². The number of hydrogen-bond donors (Lipinski definition) is 2. The van der Waals surface area contributed by atoms with E-state index in [2.05, 4.69) is 0 Å². The van der Waals surface area contributed by atoms with Crippen LogP contribution in [0.1, 0.15) is 11.1 Å². The minimum atomic E-state index is -4.15. The van der Waals surface area contributed by atoms with E-state index in [1.165, 1.54) is 12.2 Å². The lowest BCUT2D eigenvalue weighted by atomic mass is 10.1. The molecule has 0 bridgehead atoms. The van der Waals surface area contributed by atoms with Crippen molar-refractivity contribution in [1.82, 2.24) is 0 Å². The average Bonchev–Trinajstić information content (AvgIpc) is 2.34. The van der Waals surface area contributed by atoms with Gasteiger partial charge in [0.2, 0.25) is 0 Å². The molecule has 0 atom stereocenters. The van der Waals surface area contributed by atoms with Crippen LogP contribution in [-0.4, -0.2) is 9.79 Å². The molecule has 1 aromatic carbocycles. The Bertz CT molecular complexity index is 596. The first-order valence-corrected chi connectivity index (χ1v) is 6.49. The molecule has 0 fully saturated rings. The summed E-state index contributed by atoms with van der Waals surface area (Å²) in [5, 5.41) is 17.2. The Labute approximate surface area is 104 Å². The van der Waals surface area contributed by atoms with Gasteiger partial charge in [0.15, 0.2) is 0 Å². The predicted molar refractivity (Wildman–Crippen MR) is 66.7 cm³/mol. The van der Waals surface area contributed by atoms with Crippen LogP contribution in [0.2, 0.25) is 0 Å². The van der Waals surface area contributed by atoms with E-state index in [9.17, 15) is 4.57 Å². The molecule has 6 heteroatoms. The highest BCUT2D eigenvalue weighted by molar-refractivity contribution is 7.55. The van der Waals surface area contributed by atoms with Crippen molar-refractivity contribution in [2.24, 2.45) is 0 Å². The molecule has 0 amide bonds. The van der Waals surface area contributed by atoms with Gasteiger partial charge in [-0.2, -0.15) is 10.5 Å². The van der Waals surface area contributed by atoms with E-state index in [4.69, 9.17) is 20.3 Å². The zero-order valence-electron chi connectivity index (χ0n) is 9.19. The van der Waals surface area contributed by atoms with Gasteiger partial charge in [0, 0.05) is 5.82 Å². The summed E-state index contributed by atoms with van der Waals surface area (Å²) in [4.78, 5) is 17.3. The first kappa shape index (κ1) is 13.9. The maximum Gasteiger partial charge on any atom is 0.349 e. The largest absolute Gasteiger partial charge is 0.349 e. The SMILES string of the molecule is N#CC(C#N)=Cc1ccc(/C=C/P(=O)(O)O)cc1. The van der Waals surface area contributed by atoms with E-state index in [-0.39, 0.29) is 5.57 Å². The molecule has 1 rings (SSSR count). The third kappa shape index (κ3) is 4.78. The molecule has 0 saturated carbocycles. The van der Waals surface area contributed by atoms with Gasteiger partial charge in [-0.1, -0.05) is 24.3 Å². The molecule has 0 aliphatic heterocycles. The third-order valence-electron chi connectivity index (χ3n) is 1.95. The minimum Gasteiger partial charge on any atom is -0.321 e. The number of rotatable bonds is 3. The molecule has 5 nitrogen and oxygen atoms in total. The Morgan fingerprint density at radius 1 is 1.11 bits per heavy atom. The zero-order chi connectivity index (χ0) is 13.6.